The van der Waals surface area contributed by atoms with Gasteiger partial charge in [0, 0.05) is 29.8 Å². The highest BCUT2D eigenvalue weighted by atomic mass is 79.9. The molecule has 0 bridgehead atoms. The molecular weight excluding hydrogens is 356 g/mol. The maximum Gasteiger partial charge on any atom is 0.363 e. The highest BCUT2D eigenvalue weighted by molar-refractivity contribution is 9.10. The van der Waals surface area contributed by atoms with Gasteiger partial charge < -0.3 is 9.64 Å². The SMILES string of the molecule is CN(C)c1ccc(/C=C2\N=C(c3cccc(Br)c3)OC2=O)cc1. The largest absolute Gasteiger partial charge is 0.402 e. The number of esters is 1. The number of benzene rings is 2. The van der Waals surface area contributed by atoms with E-state index in [2.05, 4.69) is 20.9 Å². The van der Waals surface area contributed by atoms with Crippen LogP contribution in [-0.2, 0) is 9.53 Å². The Labute approximate surface area is 143 Å². The zero-order valence-electron chi connectivity index (χ0n) is 12.8. The summed E-state index contributed by atoms with van der Waals surface area (Å²) in [4.78, 5) is 18.3. The fraction of sp³-hybridized carbons (Fsp3) is 0.111. The predicted molar refractivity (Wildman–Crippen MR) is 95.5 cm³/mol. The van der Waals surface area contributed by atoms with Crippen molar-refractivity contribution in [3.63, 3.8) is 0 Å². The van der Waals surface area contributed by atoms with E-state index in [-0.39, 0.29) is 0 Å². The van der Waals surface area contributed by atoms with Crippen molar-refractivity contribution in [1.29, 1.82) is 0 Å². The standard InChI is InChI=1S/C18H15BrN2O2/c1-21(2)15-8-6-12(7-9-15)10-16-18(22)23-17(20-16)13-4-3-5-14(19)11-13/h3-11H,1-2H3/b16-10-. The van der Waals surface area contributed by atoms with Crippen LogP contribution in [0.15, 0.2) is 63.7 Å². The number of halogens is 1. The van der Waals surface area contributed by atoms with Gasteiger partial charge in [0.25, 0.3) is 0 Å². The number of hydrogen-bond donors (Lipinski definition) is 0. The molecule has 4 nitrogen and oxygen atoms in total. The van der Waals surface area contributed by atoms with E-state index in [9.17, 15) is 4.79 Å². The summed E-state index contributed by atoms with van der Waals surface area (Å²) in [5.74, 6) is -0.107. The average Bonchev–Trinajstić information content (AvgIpc) is 2.89. The molecule has 3 rings (SSSR count). The molecule has 0 N–H and O–H groups in total. The van der Waals surface area contributed by atoms with Gasteiger partial charge in [-0.2, -0.15) is 0 Å². The first kappa shape index (κ1) is 15.5. The molecular formula is C18H15BrN2O2. The third-order valence-corrected chi connectivity index (χ3v) is 3.90. The Morgan fingerprint density at radius 1 is 1.13 bits per heavy atom. The molecule has 0 aromatic heterocycles. The summed E-state index contributed by atoms with van der Waals surface area (Å²) in [6.07, 6.45) is 1.73. The zero-order chi connectivity index (χ0) is 16.4. The minimum Gasteiger partial charge on any atom is -0.402 e. The van der Waals surface area contributed by atoms with Gasteiger partial charge in [-0.1, -0.05) is 34.1 Å². The average molecular weight is 371 g/mol. The molecule has 0 saturated heterocycles. The van der Waals surface area contributed by atoms with Crippen molar-refractivity contribution < 1.29 is 9.53 Å². The van der Waals surface area contributed by atoms with Gasteiger partial charge in [0.15, 0.2) is 5.70 Å². The van der Waals surface area contributed by atoms with Crippen LogP contribution in [0.1, 0.15) is 11.1 Å². The second kappa shape index (κ2) is 6.38. The van der Waals surface area contributed by atoms with E-state index in [4.69, 9.17) is 4.74 Å². The minimum absolute atomic E-state index is 0.303. The van der Waals surface area contributed by atoms with Crippen molar-refractivity contribution in [3.05, 3.63) is 69.8 Å². The van der Waals surface area contributed by atoms with Crippen LogP contribution in [0.2, 0.25) is 0 Å². The normalized spacial score (nSPS) is 15.5. The highest BCUT2D eigenvalue weighted by Gasteiger charge is 2.24. The van der Waals surface area contributed by atoms with E-state index in [0.29, 0.717) is 11.6 Å². The summed E-state index contributed by atoms with van der Waals surface area (Å²) in [6, 6.07) is 15.4. The van der Waals surface area contributed by atoms with Crippen molar-refractivity contribution >= 4 is 39.6 Å². The monoisotopic (exact) mass is 370 g/mol. The summed E-state index contributed by atoms with van der Waals surface area (Å²) < 4.78 is 6.17. The van der Waals surface area contributed by atoms with E-state index in [1.807, 2.05) is 67.5 Å². The lowest BCUT2D eigenvalue weighted by molar-refractivity contribution is -0.129. The maximum absolute atomic E-state index is 12.0. The van der Waals surface area contributed by atoms with Gasteiger partial charge >= 0.3 is 5.97 Å². The third kappa shape index (κ3) is 3.51. The number of anilines is 1. The molecule has 0 atom stereocenters. The number of carbonyl (C=O) groups excluding carboxylic acids is 1. The van der Waals surface area contributed by atoms with E-state index in [1.54, 1.807) is 6.08 Å². The molecule has 2 aromatic rings. The van der Waals surface area contributed by atoms with Crippen molar-refractivity contribution in [2.24, 2.45) is 4.99 Å². The van der Waals surface area contributed by atoms with Gasteiger partial charge in [-0.15, -0.1) is 0 Å². The minimum atomic E-state index is -0.434. The molecule has 5 heteroatoms. The van der Waals surface area contributed by atoms with E-state index < -0.39 is 5.97 Å². The topological polar surface area (TPSA) is 41.9 Å². The van der Waals surface area contributed by atoms with Gasteiger partial charge in [-0.05, 0) is 42.0 Å². The quantitative estimate of drug-likeness (QED) is 0.608. The van der Waals surface area contributed by atoms with Crippen LogP contribution in [0, 0.1) is 0 Å². The number of hydrogen-bond acceptors (Lipinski definition) is 4. The first-order valence-corrected chi connectivity index (χ1v) is 7.88. The molecule has 0 radical (unpaired) electrons. The molecule has 0 spiro atoms. The summed E-state index contributed by atoms with van der Waals surface area (Å²) in [5, 5.41) is 0. The number of ether oxygens (including phenoxy) is 1. The van der Waals surface area contributed by atoms with Crippen LogP contribution in [0.5, 0.6) is 0 Å². The Morgan fingerprint density at radius 2 is 1.87 bits per heavy atom. The molecule has 0 saturated carbocycles. The molecule has 0 amide bonds. The van der Waals surface area contributed by atoms with E-state index in [1.165, 1.54) is 0 Å². The van der Waals surface area contributed by atoms with E-state index in [0.717, 1.165) is 21.3 Å². The molecule has 0 fully saturated rings. The van der Waals surface area contributed by atoms with Crippen molar-refractivity contribution in [2.75, 3.05) is 19.0 Å². The molecule has 1 heterocycles. The summed E-state index contributed by atoms with van der Waals surface area (Å²) in [6.45, 7) is 0. The number of aliphatic imine (C=N–C) groups is 1. The first-order chi connectivity index (χ1) is 11.0. The van der Waals surface area contributed by atoms with Gasteiger partial charge in [-0.25, -0.2) is 9.79 Å². The molecule has 0 aliphatic carbocycles. The smallest absolute Gasteiger partial charge is 0.363 e. The second-order valence-corrected chi connectivity index (χ2v) is 6.25. The van der Waals surface area contributed by atoms with Crippen LogP contribution in [0.3, 0.4) is 0 Å². The van der Waals surface area contributed by atoms with Gasteiger partial charge in [0.05, 0.1) is 0 Å². The second-order valence-electron chi connectivity index (χ2n) is 5.33. The fourth-order valence-corrected chi connectivity index (χ4v) is 2.58. The third-order valence-electron chi connectivity index (χ3n) is 3.40. The molecule has 23 heavy (non-hydrogen) atoms. The number of rotatable bonds is 3. The number of carbonyl (C=O) groups is 1. The summed E-state index contributed by atoms with van der Waals surface area (Å²) in [7, 11) is 3.97. The zero-order valence-corrected chi connectivity index (χ0v) is 14.4. The summed E-state index contributed by atoms with van der Waals surface area (Å²) >= 11 is 3.40. The maximum atomic E-state index is 12.0. The lowest BCUT2D eigenvalue weighted by Crippen LogP contribution is -2.08. The molecule has 2 aromatic carbocycles. The first-order valence-electron chi connectivity index (χ1n) is 7.09. The molecule has 1 aliphatic heterocycles. The lowest BCUT2D eigenvalue weighted by atomic mass is 10.1. The highest BCUT2D eigenvalue weighted by Crippen LogP contribution is 2.22. The van der Waals surface area contributed by atoms with Gasteiger partial charge in [0.2, 0.25) is 5.90 Å². The van der Waals surface area contributed by atoms with Crippen molar-refractivity contribution in [2.45, 2.75) is 0 Å². The van der Waals surface area contributed by atoms with Crippen LogP contribution in [-0.4, -0.2) is 26.0 Å². The fourth-order valence-electron chi connectivity index (χ4n) is 2.18. The Kier molecular flexibility index (Phi) is 4.30. The van der Waals surface area contributed by atoms with Crippen LogP contribution < -0.4 is 4.90 Å². The Hall–Kier alpha value is -2.40. The van der Waals surface area contributed by atoms with Crippen LogP contribution in [0.4, 0.5) is 5.69 Å². The lowest BCUT2D eigenvalue weighted by Gasteiger charge is -2.11. The number of cyclic esters (lactones) is 1. The summed E-state index contributed by atoms with van der Waals surface area (Å²) in [5.41, 5.74) is 3.07. The predicted octanol–water partition coefficient (Wildman–Crippen LogP) is 3.86. The van der Waals surface area contributed by atoms with Crippen molar-refractivity contribution in [1.82, 2.24) is 0 Å². The molecule has 0 unspecified atom stereocenters. The number of nitrogens with zero attached hydrogens (tertiary/aromatic N) is 2. The Bertz CT molecular complexity index is 808. The van der Waals surface area contributed by atoms with Gasteiger partial charge in [-0.3, -0.25) is 0 Å². The van der Waals surface area contributed by atoms with Gasteiger partial charge in [0.1, 0.15) is 0 Å². The van der Waals surface area contributed by atoms with Crippen LogP contribution in [0.25, 0.3) is 6.08 Å². The molecule has 116 valence electrons. The molecule has 1 aliphatic rings. The van der Waals surface area contributed by atoms with Crippen molar-refractivity contribution in [3.8, 4) is 0 Å². The Balaban J connectivity index is 1.88. The van der Waals surface area contributed by atoms with Crippen LogP contribution >= 0.6 is 15.9 Å². The van der Waals surface area contributed by atoms with E-state index >= 15 is 0 Å². The Morgan fingerprint density at radius 3 is 2.52 bits per heavy atom.